The van der Waals surface area contributed by atoms with Gasteiger partial charge in [0.1, 0.15) is 11.6 Å². The SMILES string of the molecule is O=C(COc1cccc2ccccc12)N1CC=C(c2ccc(F)cc2)CC1. The number of carbonyl (C=O) groups excluding carboxylic acids is 1. The van der Waals surface area contributed by atoms with Gasteiger partial charge in [0.2, 0.25) is 0 Å². The lowest BCUT2D eigenvalue weighted by Crippen LogP contribution is -2.37. The lowest BCUT2D eigenvalue weighted by atomic mass is 9.99. The summed E-state index contributed by atoms with van der Waals surface area (Å²) in [7, 11) is 0. The number of ether oxygens (including phenoxy) is 1. The standard InChI is InChI=1S/C23H20FNO2/c24-20-10-8-17(9-11-20)18-12-14-25(15-13-18)23(26)16-27-22-7-3-5-19-4-1-2-6-21(19)22/h1-12H,13-16H2. The van der Waals surface area contributed by atoms with Crippen LogP contribution in [-0.4, -0.2) is 30.5 Å². The van der Waals surface area contributed by atoms with Gasteiger partial charge in [-0.3, -0.25) is 4.79 Å². The molecule has 0 saturated heterocycles. The molecule has 0 spiro atoms. The summed E-state index contributed by atoms with van der Waals surface area (Å²) in [5.41, 5.74) is 2.16. The van der Waals surface area contributed by atoms with Crippen LogP contribution in [0.4, 0.5) is 4.39 Å². The van der Waals surface area contributed by atoms with Crippen LogP contribution in [0.3, 0.4) is 0 Å². The van der Waals surface area contributed by atoms with Crippen molar-refractivity contribution >= 4 is 22.3 Å². The Bertz CT molecular complexity index is 989. The third kappa shape index (κ3) is 3.85. The summed E-state index contributed by atoms with van der Waals surface area (Å²) in [6.07, 6.45) is 2.79. The van der Waals surface area contributed by atoms with E-state index in [2.05, 4.69) is 0 Å². The van der Waals surface area contributed by atoms with Crippen LogP contribution >= 0.6 is 0 Å². The van der Waals surface area contributed by atoms with Gasteiger partial charge >= 0.3 is 0 Å². The average molecular weight is 361 g/mol. The number of benzene rings is 3. The van der Waals surface area contributed by atoms with Gasteiger partial charge in [-0.25, -0.2) is 4.39 Å². The molecular formula is C23H20FNO2. The molecule has 0 aliphatic carbocycles. The van der Waals surface area contributed by atoms with Crippen LogP contribution in [0.2, 0.25) is 0 Å². The van der Waals surface area contributed by atoms with Crippen molar-refractivity contribution in [2.45, 2.75) is 6.42 Å². The first-order chi connectivity index (χ1) is 13.2. The van der Waals surface area contributed by atoms with Crippen LogP contribution in [0.5, 0.6) is 5.75 Å². The van der Waals surface area contributed by atoms with Crippen LogP contribution in [0, 0.1) is 5.82 Å². The van der Waals surface area contributed by atoms with Gasteiger partial charge in [-0.1, -0.05) is 54.6 Å². The number of rotatable bonds is 4. The zero-order chi connectivity index (χ0) is 18.6. The fourth-order valence-electron chi connectivity index (χ4n) is 3.37. The predicted octanol–water partition coefficient (Wildman–Crippen LogP) is 4.67. The van der Waals surface area contributed by atoms with Crippen molar-refractivity contribution < 1.29 is 13.9 Å². The molecule has 3 nitrogen and oxygen atoms in total. The zero-order valence-electron chi connectivity index (χ0n) is 14.9. The summed E-state index contributed by atoms with van der Waals surface area (Å²) < 4.78 is 18.9. The van der Waals surface area contributed by atoms with E-state index >= 15 is 0 Å². The lowest BCUT2D eigenvalue weighted by Gasteiger charge is -2.26. The summed E-state index contributed by atoms with van der Waals surface area (Å²) >= 11 is 0. The van der Waals surface area contributed by atoms with E-state index in [1.165, 1.54) is 12.1 Å². The lowest BCUT2D eigenvalue weighted by molar-refractivity contribution is -0.132. The molecule has 0 atom stereocenters. The summed E-state index contributed by atoms with van der Waals surface area (Å²) in [4.78, 5) is 14.3. The van der Waals surface area contributed by atoms with Gasteiger partial charge in [-0.05, 0) is 41.1 Å². The molecule has 4 rings (SSSR count). The van der Waals surface area contributed by atoms with E-state index in [9.17, 15) is 9.18 Å². The number of hydrogen-bond donors (Lipinski definition) is 0. The largest absolute Gasteiger partial charge is 0.483 e. The fraction of sp³-hybridized carbons (Fsp3) is 0.174. The summed E-state index contributed by atoms with van der Waals surface area (Å²) in [5, 5.41) is 2.09. The summed E-state index contributed by atoms with van der Waals surface area (Å²) in [5.74, 6) is 0.455. The van der Waals surface area contributed by atoms with E-state index in [0.29, 0.717) is 13.1 Å². The highest BCUT2D eigenvalue weighted by Crippen LogP contribution is 2.26. The molecule has 0 aromatic heterocycles. The molecule has 1 heterocycles. The monoisotopic (exact) mass is 361 g/mol. The van der Waals surface area contributed by atoms with Gasteiger partial charge in [0, 0.05) is 18.5 Å². The van der Waals surface area contributed by atoms with E-state index in [4.69, 9.17) is 4.74 Å². The highest BCUT2D eigenvalue weighted by atomic mass is 19.1. The summed E-state index contributed by atoms with van der Waals surface area (Å²) in [6, 6.07) is 20.3. The van der Waals surface area contributed by atoms with E-state index < -0.39 is 0 Å². The van der Waals surface area contributed by atoms with Crippen LogP contribution in [0.15, 0.2) is 72.8 Å². The van der Waals surface area contributed by atoms with Gasteiger partial charge in [0.25, 0.3) is 5.91 Å². The molecule has 136 valence electrons. The number of amides is 1. The Labute approximate surface area is 157 Å². The minimum atomic E-state index is -0.238. The molecule has 0 N–H and O–H groups in total. The molecule has 0 radical (unpaired) electrons. The second kappa shape index (κ2) is 7.62. The fourth-order valence-corrected chi connectivity index (χ4v) is 3.37. The maximum atomic E-state index is 13.1. The van der Waals surface area contributed by atoms with Crippen molar-refractivity contribution in [1.29, 1.82) is 0 Å². The Kier molecular flexibility index (Phi) is 4.88. The quantitative estimate of drug-likeness (QED) is 0.676. The van der Waals surface area contributed by atoms with E-state index in [-0.39, 0.29) is 18.3 Å². The van der Waals surface area contributed by atoms with E-state index in [1.54, 1.807) is 17.0 Å². The van der Waals surface area contributed by atoms with Gasteiger partial charge in [0.05, 0.1) is 0 Å². The van der Waals surface area contributed by atoms with Crippen molar-refractivity contribution in [2.24, 2.45) is 0 Å². The molecular weight excluding hydrogens is 341 g/mol. The second-order valence-electron chi connectivity index (χ2n) is 6.59. The molecule has 1 amide bonds. The van der Waals surface area contributed by atoms with E-state index in [1.807, 2.05) is 48.5 Å². The third-order valence-electron chi connectivity index (χ3n) is 4.88. The molecule has 4 heteroatoms. The van der Waals surface area contributed by atoms with Crippen LogP contribution < -0.4 is 4.74 Å². The number of hydrogen-bond acceptors (Lipinski definition) is 2. The first-order valence-electron chi connectivity index (χ1n) is 9.04. The third-order valence-corrected chi connectivity index (χ3v) is 4.88. The van der Waals surface area contributed by atoms with Gasteiger partial charge in [-0.15, -0.1) is 0 Å². The average Bonchev–Trinajstić information content (AvgIpc) is 2.72. The number of halogens is 1. The Morgan fingerprint density at radius 3 is 2.56 bits per heavy atom. The number of carbonyl (C=O) groups is 1. The maximum Gasteiger partial charge on any atom is 0.260 e. The topological polar surface area (TPSA) is 29.5 Å². The van der Waals surface area contributed by atoms with Gasteiger partial charge < -0.3 is 9.64 Å². The number of nitrogens with zero attached hydrogens (tertiary/aromatic N) is 1. The van der Waals surface area contributed by atoms with Crippen LogP contribution in [-0.2, 0) is 4.79 Å². The zero-order valence-corrected chi connectivity index (χ0v) is 14.9. The highest BCUT2D eigenvalue weighted by molar-refractivity contribution is 5.88. The molecule has 0 saturated carbocycles. The molecule has 1 aliphatic heterocycles. The smallest absolute Gasteiger partial charge is 0.260 e. The van der Waals surface area contributed by atoms with Crippen LogP contribution in [0.1, 0.15) is 12.0 Å². The van der Waals surface area contributed by atoms with Gasteiger partial charge in [0.15, 0.2) is 6.61 Å². The Morgan fingerprint density at radius 1 is 1.00 bits per heavy atom. The van der Waals surface area contributed by atoms with Crippen molar-refractivity contribution in [1.82, 2.24) is 4.90 Å². The maximum absolute atomic E-state index is 13.1. The Morgan fingerprint density at radius 2 is 1.78 bits per heavy atom. The minimum absolute atomic E-state index is 0.0216. The first-order valence-corrected chi connectivity index (χ1v) is 9.04. The second-order valence-corrected chi connectivity index (χ2v) is 6.59. The summed E-state index contributed by atoms with van der Waals surface area (Å²) in [6.45, 7) is 1.21. The Balaban J connectivity index is 1.39. The van der Waals surface area contributed by atoms with Crippen molar-refractivity contribution in [2.75, 3.05) is 19.7 Å². The molecule has 1 aliphatic rings. The molecule has 0 fully saturated rings. The van der Waals surface area contributed by atoms with Crippen molar-refractivity contribution in [3.63, 3.8) is 0 Å². The van der Waals surface area contributed by atoms with E-state index in [0.717, 1.165) is 34.1 Å². The molecule has 3 aromatic rings. The number of fused-ring (bicyclic) bond motifs is 1. The predicted molar refractivity (Wildman–Crippen MR) is 105 cm³/mol. The van der Waals surface area contributed by atoms with Gasteiger partial charge in [-0.2, -0.15) is 0 Å². The van der Waals surface area contributed by atoms with Crippen molar-refractivity contribution in [3.8, 4) is 5.75 Å². The van der Waals surface area contributed by atoms with Crippen molar-refractivity contribution in [3.05, 3.63) is 84.2 Å². The molecule has 0 bridgehead atoms. The molecule has 3 aromatic carbocycles. The first kappa shape index (κ1) is 17.3. The molecule has 27 heavy (non-hydrogen) atoms. The van der Waals surface area contributed by atoms with Crippen LogP contribution in [0.25, 0.3) is 16.3 Å². The normalized spacial score (nSPS) is 14.1. The highest BCUT2D eigenvalue weighted by Gasteiger charge is 2.18. The molecule has 0 unspecified atom stereocenters. The Hall–Kier alpha value is -3.14. The minimum Gasteiger partial charge on any atom is -0.483 e.